The highest BCUT2D eigenvalue weighted by Gasteiger charge is 2.20. The molecule has 4 rings (SSSR count). The van der Waals surface area contributed by atoms with Crippen molar-refractivity contribution in [2.45, 2.75) is 31.8 Å². The summed E-state index contributed by atoms with van der Waals surface area (Å²) in [7, 11) is 0. The zero-order chi connectivity index (χ0) is 17.6. The van der Waals surface area contributed by atoms with Crippen LogP contribution in [0.15, 0.2) is 34.1 Å². The predicted octanol–water partition coefficient (Wildman–Crippen LogP) is 5.33. The number of H-pyrrole nitrogens is 1. The van der Waals surface area contributed by atoms with Gasteiger partial charge in [0.2, 0.25) is 0 Å². The molecule has 0 spiro atoms. The normalized spacial score (nSPS) is 15.1. The number of nitrogens with one attached hydrogen (secondary N) is 1. The minimum absolute atomic E-state index is 0.0383. The molecule has 1 N–H and O–H groups in total. The van der Waals surface area contributed by atoms with Crippen molar-refractivity contribution >= 4 is 55.1 Å². The first-order chi connectivity index (χ1) is 12.0. The molecule has 0 fully saturated rings. The molecule has 0 unspecified atom stereocenters. The van der Waals surface area contributed by atoms with Crippen molar-refractivity contribution in [1.82, 2.24) is 9.97 Å². The average Bonchev–Trinajstić information content (AvgIpc) is 2.89. The van der Waals surface area contributed by atoms with Crippen LogP contribution in [0.5, 0.6) is 0 Å². The van der Waals surface area contributed by atoms with Crippen molar-refractivity contribution in [1.29, 1.82) is 0 Å². The maximum absolute atomic E-state index is 12.5. The van der Waals surface area contributed by atoms with Crippen LogP contribution in [0.3, 0.4) is 0 Å². The first-order valence-corrected chi connectivity index (χ1v) is 10.7. The van der Waals surface area contributed by atoms with Gasteiger partial charge in [-0.15, -0.1) is 11.3 Å². The number of aliphatic imine (C=N–C) groups is 1. The highest BCUT2D eigenvalue weighted by molar-refractivity contribution is 8.38. The van der Waals surface area contributed by atoms with Crippen molar-refractivity contribution in [2.75, 3.05) is 0 Å². The number of rotatable bonds is 2. The van der Waals surface area contributed by atoms with Gasteiger partial charge in [-0.25, -0.2) is 9.98 Å². The molecular formula is C18H17N3OS3. The second-order valence-corrected chi connectivity index (χ2v) is 9.72. The molecule has 0 saturated carbocycles. The second-order valence-electron chi connectivity index (χ2n) is 5.97. The molecule has 0 radical (unpaired) electrons. The number of fused-ring (bicyclic) bond motifs is 2. The largest absolute Gasteiger partial charge is 0.309 e. The molecule has 0 aliphatic carbocycles. The Morgan fingerprint density at radius 3 is 2.92 bits per heavy atom. The van der Waals surface area contributed by atoms with Crippen LogP contribution in [-0.4, -0.2) is 14.3 Å². The molecule has 1 aliphatic rings. The van der Waals surface area contributed by atoms with E-state index < -0.39 is 0 Å². The molecular weight excluding hydrogens is 370 g/mol. The molecule has 7 heteroatoms. The van der Waals surface area contributed by atoms with Gasteiger partial charge in [-0.05, 0) is 38.0 Å². The van der Waals surface area contributed by atoms with Crippen LogP contribution in [0.2, 0.25) is 0 Å². The zero-order valence-electron chi connectivity index (χ0n) is 14.1. The van der Waals surface area contributed by atoms with Crippen LogP contribution >= 0.6 is 34.9 Å². The number of thiophene rings is 1. The number of thioether (sulfide) groups is 2. The van der Waals surface area contributed by atoms with Gasteiger partial charge in [0.15, 0.2) is 0 Å². The van der Waals surface area contributed by atoms with Gasteiger partial charge >= 0.3 is 0 Å². The Labute approximate surface area is 158 Å². The van der Waals surface area contributed by atoms with E-state index in [9.17, 15) is 4.79 Å². The Bertz CT molecular complexity index is 1050. The summed E-state index contributed by atoms with van der Waals surface area (Å²) in [5, 5.41) is 0.762. The first-order valence-electron chi connectivity index (χ1n) is 7.99. The Kier molecular flexibility index (Phi) is 4.47. The van der Waals surface area contributed by atoms with Gasteiger partial charge in [0.05, 0.1) is 16.3 Å². The van der Waals surface area contributed by atoms with Crippen LogP contribution in [0.4, 0.5) is 5.69 Å². The quantitative estimate of drug-likeness (QED) is 0.646. The Morgan fingerprint density at radius 2 is 2.08 bits per heavy atom. The van der Waals surface area contributed by atoms with Gasteiger partial charge < -0.3 is 4.98 Å². The van der Waals surface area contributed by atoms with Crippen LogP contribution in [0.25, 0.3) is 10.2 Å². The summed E-state index contributed by atoms with van der Waals surface area (Å²) in [6.07, 6.45) is 0. The van der Waals surface area contributed by atoms with Gasteiger partial charge in [0.1, 0.15) is 15.0 Å². The zero-order valence-corrected chi connectivity index (χ0v) is 16.6. The lowest BCUT2D eigenvalue weighted by Gasteiger charge is -2.17. The third-order valence-electron chi connectivity index (χ3n) is 4.27. The third kappa shape index (κ3) is 3.16. The van der Waals surface area contributed by atoms with E-state index in [1.165, 1.54) is 5.56 Å². The number of aryl methyl sites for hydroxylation is 2. The number of aromatic nitrogens is 2. The van der Waals surface area contributed by atoms with Crippen LogP contribution in [0.1, 0.15) is 34.0 Å². The summed E-state index contributed by atoms with van der Waals surface area (Å²) in [5.74, 6) is 1.65. The molecule has 0 saturated heterocycles. The third-order valence-corrected chi connectivity index (χ3v) is 7.68. The number of aromatic amines is 1. The van der Waals surface area contributed by atoms with Crippen molar-refractivity contribution in [3.05, 3.63) is 56.4 Å². The summed E-state index contributed by atoms with van der Waals surface area (Å²) in [5.41, 5.74) is 3.29. The molecule has 3 heterocycles. The molecule has 0 amide bonds. The Hall–Kier alpha value is -1.57. The first kappa shape index (κ1) is 16.9. The smallest absolute Gasteiger partial charge is 0.259 e. The summed E-state index contributed by atoms with van der Waals surface area (Å²) < 4.78 is 1.02. The fourth-order valence-electron chi connectivity index (χ4n) is 2.74. The van der Waals surface area contributed by atoms with Crippen molar-refractivity contribution in [2.24, 2.45) is 4.99 Å². The molecule has 1 aliphatic heterocycles. The lowest BCUT2D eigenvalue weighted by molar-refractivity contribution is 0.930. The van der Waals surface area contributed by atoms with E-state index in [0.29, 0.717) is 5.82 Å². The van der Waals surface area contributed by atoms with Gasteiger partial charge in [-0.2, -0.15) is 0 Å². The minimum Gasteiger partial charge on any atom is -0.309 e. The van der Waals surface area contributed by atoms with E-state index in [0.717, 1.165) is 36.5 Å². The molecule has 1 aromatic carbocycles. The summed E-state index contributed by atoms with van der Waals surface area (Å²) in [6, 6.07) is 8.22. The van der Waals surface area contributed by atoms with E-state index in [2.05, 4.69) is 18.0 Å². The highest BCUT2D eigenvalue weighted by Crippen LogP contribution is 2.39. The van der Waals surface area contributed by atoms with Crippen molar-refractivity contribution in [3.63, 3.8) is 0 Å². The monoisotopic (exact) mass is 387 g/mol. The van der Waals surface area contributed by atoms with E-state index in [4.69, 9.17) is 9.98 Å². The molecule has 1 atom stereocenters. The SMILES string of the molecule is Cc1sc2nc([C@@H](C)SC3=Nc4ccccc4CS3)[nH]c(=O)c2c1C. The number of hydrogen-bond donors (Lipinski definition) is 1. The van der Waals surface area contributed by atoms with Gasteiger partial charge in [0.25, 0.3) is 5.56 Å². The van der Waals surface area contributed by atoms with E-state index >= 15 is 0 Å². The van der Waals surface area contributed by atoms with E-state index in [1.807, 2.05) is 32.0 Å². The van der Waals surface area contributed by atoms with E-state index in [1.54, 1.807) is 34.9 Å². The lowest BCUT2D eigenvalue weighted by Crippen LogP contribution is -2.13. The minimum atomic E-state index is -0.0436. The number of nitrogens with zero attached hydrogens (tertiary/aromatic N) is 2. The highest BCUT2D eigenvalue weighted by atomic mass is 32.2. The van der Waals surface area contributed by atoms with Crippen molar-refractivity contribution < 1.29 is 0 Å². The molecule has 0 bridgehead atoms. The molecule has 3 aromatic rings. The summed E-state index contributed by atoms with van der Waals surface area (Å²) in [4.78, 5) is 26.8. The maximum atomic E-state index is 12.5. The molecule has 25 heavy (non-hydrogen) atoms. The number of hydrogen-bond acceptors (Lipinski definition) is 6. The summed E-state index contributed by atoms with van der Waals surface area (Å²) >= 11 is 4.97. The van der Waals surface area contributed by atoms with Crippen LogP contribution in [-0.2, 0) is 5.75 Å². The Balaban J connectivity index is 1.64. The van der Waals surface area contributed by atoms with E-state index in [-0.39, 0.29) is 10.8 Å². The fourth-order valence-corrected chi connectivity index (χ4v) is 6.03. The lowest BCUT2D eigenvalue weighted by atomic mass is 10.2. The van der Waals surface area contributed by atoms with Gasteiger partial charge in [-0.1, -0.05) is 41.7 Å². The number of benzene rings is 1. The van der Waals surface area contributed by atoms with Crippen LogP contribution < -0.4 is 5.56 Å². The Morgan fingerprint density at radius 1 is 1.28 bits per heavy atom. The predicted molar refractivity (Wildman–Crippen MR) is 111 cm³/mol. The maximum Gasteiger partial charge on any atom is 0.259 e. The molecule has 2 aromatic heterocycles. The van der Waals surface area contributed by atoms with Gasteiger partial charge in [-0.3, -0.25) is 4.79 Å². The molecule has 4 nitrogen and oxygen atoms in total. The average molecular weight is 388 g/mol. The fraction of sp³-hybridized carbons (Fsp3) is 0.278. The standard InChI is InChI=1S/C18H17N3OS3/c1-9-10(2)24-17-14(9)16(22)20-15(21-17)11(3)25-18-19-13-7-5-4-6-12(13)8-23-18/h4-7,11H,8H2,1-3H3,(H,20,21,22)/t11-/m1/s1. The van der Waals surface area contributed by atoms with Gasteiger partial charge in [0, 0.05) is 10.6 Å². The summed E-state index contributed by atoms with van der Waals surface area (Å²) in [6.45, 7) is 6.07. The second kappa shape index (κ2) is 6.63. The van der Waals surface area contributed by atoms with Crippen LogP contribution in [0, 0.1) is 13.8 Å². The number of para-hydroxylation sites is 1. The van der Waals surface area contributed by atoms with Crippen molar-refractivity contribution in [3.8, 4) is 0 Å². The topological polar surface area (TPSA) is 58.1 Å². The molecule has 128 valence electrons.